The maximum Gasteiger partial charge on any atom is 0.251 e. The molecule has 3 aromatic rings. The molecule has 0 aliphatic heterocycles. The minimum absolute atomic E-state index is 0.149. The van der Waals surface area contributed by atoms with Gasteiger partial charge in [0.1, 0.15) is 18.1 Å². The predicted octanol–water partition coefficient (Wildman–Crippen LogP) is 6.73. The summed E-state index contributed by atoms with van der Waals surface area (Å²) >= 11 is 5.97. The molecule has 1 N–H and O–H groups in total. The van der Waals surface area contributed by atoms with Gasteiger partial charge in [-0.05, 0) is 93.3 Å². The van der Waals surface area contributed by atoms with Crippen molar-refractivity contribution < 1.29 is 14.3 Å². The largest absolute Gasteiger partial charge is 0.493 e. The van der Waals surface area contributed by atoms with E-state index in [1.54, 1.807) is 6.07 Å². The number of hydrogen-bond acceptors (Lipinski definition) is 3. The van der Waals surface area contributed by atoms with Crippen molar-refractivity contribution in [3.8, 4) is 11.5 Å². The predicted molar refractivity (Wildman–Crippen MR) is 130 cm³/mol. The van der Waals surface area contributed by atoms with E-state index in [1.807, 2.05) is 56.3 Å². The van der Waals surface area contributed by atoms with Crippen LogP contribution in [0.1, 0.15) is 58.1 Å². The van der Waals surface area contributed by atoms with E-state index in [2.05, 4.69) is 32.2 Å². The molecule has 0 fully saturated rings. The zero-order chi connectivity index (χ0) is 23.3. The zero-order valence-corrected chi connectivity index (χ0v) is 20.0. The lowest BCUT2D eigenvalue weighted by atomic mass is 10.1. The first-order valence-electron chi connectivity index (χ1n) is 10.8. The molecule has 0 saturated heterocycles. The van der Waals surface area contributed by atoms with Crippen molar-refractivity contribution >= 4 is 17.5 Å². The zero-order valence-electron chi connectivity index (χ0n) is 19.3. The Hall–Kier alpha value is -2.98. The number of benzene rings is 3. The highest BCUT2D eigenvalue weighted by Crippen LogP contribution is 2.27. The molecule has 4 nitrogen and oxygen atoms in total. The van der Waals surface area contributed by atoms with Crippen molar-refractivity contribution in [1.29, 1.82) is 0 Å². The number of ether oxygens (including phenoxy) is 2. The van der Waals surface area contributed by atoms with Crippen molar-refractivity contribution in [3.63, 3.8) is 0 Å². The quantitative estimate of drug-likeness (QED) is 0.412. The third-order valence-electron chi connectivity index (χ3n) is 5.49. The molecule has 0 heterocycles. The van der Waals surface area contributed by atoms with E-state index in [9.17, 15) is 4.79 Å². The topological polar surface area (TPSA) is 47.6 Å². The minimum atomic E-state index is -0.153. The summed E-state index contributed by atoms with van der Waals surface area (Å²) in [5.74, 6) is 1.41. The van der Waals surface area contributed by atoms with Gasteiger partial charge in [0.25, 0.3) is 5.91 Å². The molecular weight excluding hydrogens is 422 g/mol. The Bertz CT molecular complexity index is 1090. The number of rotatable bonds is 8. The van der Waals surface area contributed by atoms with Crippen LogP contribution in [0.3, 0.4) is 0 Å². The van der Waals surface area contributed by atoms with Gasteiger partial charge >= 0.3 is 0 Å². The summed E-state index contributed by atoms with van der Waals surface area (Å²) in [6, 6.07) is 16.9. The molecule has 0 bridgehead atoms. The van der Waals surface area contributed by atoms with Gasteiger partial charge in [-0.3, -0.25) is 4.79 Å². The first-order chi connectivity index (χ1) is 15.3. The first kappa shape index (κ1) is 23.7. The SMILES string of the molecule is CCOc1ccc(C(=O)N[C@@H](C)c2ccc(Cl)cc2)cc1COc1cc(C)cc(C)c1C. The van der Waals surface area contributed by atoms with E-state index < -0.39 is 0 Å². The standard InChI is InChI=1S/C27H30ClNO3/c1-6-31-25-12-9-22(27(30)29-20(5)21-7-10-24(28)11-8-21)15-23(25)16-32-26-14-17(2)13-18(3)19(26)4/h7-15,20H,6,16H2,1-5H3,(H,29,30)/t20-/m0/s1. The average molecular weight is 452 g/mol. The van der Waals surface area contributed by atoms with Gasteiger partial charge in [-0.15, -0.1) is 0 Å². The number of nitrogens with one attached hydrogen (secondary N) is 1. The molecule has 1 amide bonds. The molecule has 3 rings (SSSR count). The maximum atomic E-state index is 12.9. The van der Waals surface area contributed by atoms with E-state index in [1.165, 1.54) is 5.56 Å². The molecule has 0 radical (unpaired) electrons. The molecule has 0 unspecified atom stereocenters. The molecule has 32 heavy (non-hydrogen) atoms. The fourth-order valence-electron chi connectivity index (χ4n) is 3.55. The van der Waals surface area contributed by atoms with Crippen LogP contribution in [0.4, 0.5) is 0 Å². The Morgan fingerprint density at radius 1 is 0.969 bits per heavy atom. The summed E-state index contributed by atoms with van der Waals surface area (Å²) in [5.41, 5.74) is 5.83. The maximum absolute atomic E-state index is 12.9. The Labute approximate surface area is 195 Å². The second-order valence-electron chi connectivity index (χ2n) is 8.00. The van der Waals surface area contributed by atoms with Gasteiger partial charge in [-0.1, -0.05) is 29.8 Å². The highest BCUT2D eigenvalue weighted by molar-refractivity contribution is 6.30. The minimum Gasteiger partial charge on any atom is -0.493 e. The van der Waals surface area contributed by atoms with Crippen LogP contribution in [0.2, 0.25) is 5.02 Å². The molecule has 3 aromatic carbocycles. The number of aryl methyl sites for hydroxylation is 2. The number of carbonyl (C=O) groups is 1. The summed E-state index contributed by atoms with van der Waals surface area (Å²) in [7, 11) is 0. The van der Waals surface area contributed by atoms with Gasteiger partial charge in [0.15, 0.2) is 0 Å². The summed E-state index contributed by atoms with van der Waals surface area (Å²) in [4.78, 5) is 12.9. The first-order valence-corrected chi connectivity index (χ1v) is 11.2. The number of halogens is 1. The van der Waals surface area contributed by atoms with Crippen LogP contribution in [0, 0.1) is 20.8 Å². The monoisotopic (exact) mass is 451 g/mol. The van der Waals surface area contributed by atoms with Gasteiger partial charge in [-0.25, -0.2) is 0 Å². The molecular formula is C27H30ClNO3. The second kappa shape index (κ2) is 10.6. The van der Waals surface area contributed by atoms with Crippen molar-refractivity contribution in [2.45, 2.75) is 47.3 Å². The van der Waals surface area contributed by atoms with E-state index in [-0.39, 0.29) is 11.9 Å². The van der Waals surface area contributed by atoms with E-state index in [4.69, 9.17) is 21.1 Å². The van der Waals surface area contributed by atoms with Crippen molar-refractivity contribution in [2.24, 2.45) is 0 Å². The van der Waals surface area contributed by atoms with Gasteiger partial charge in [-0.2, -0.15) is 0 Å². The molecule has 0 aliphatic rings. The number of amides is 1. The Balaban J connectivity index is 1.79. The number of hydrogen-bond donors (Lipinski definition) is 1. The van der Waals surface area contributed by atoms with Gasteiger partial charge in [0, 0.05) is 16.1 Å². The smallest absolute Gasteiger partial charge is 0.251 e. The molecule has 0 saturated carbocycles. The molecule has 1 atom stereocenters. The summed E-state index contributed by atoms with van der Waals surface area (Å²) in [5, 5.41) is 3.71. The Morgan fingerprint density at radius 2 is 1.69 bits per heavy atom. The van der Waals surface area contributed by atoms with E-state index >= 15 is 0 Å². The summed E-state index contributed by atoms with van der Waals surface area (Å²) in [6.07, 6.45) is 0. The Kier molecular flexibility index (Phi) is 7.81. The molecule has 0 aliphatic carbocycles. The van der Waals surface area contributed by atoms with Crippen LogP contribution >= 0.6 is 11.6 Å². The highest BCUT2D eigenvalue weighted by Gasteiger charge is 2.15. The molecule has 0 spiro atoms. The van der Waals surface area contributed by atoms with E-state index in [0.29, 0.717) is 23.8 Å². The lowest BCUT2D eigenvalue weighted by molar-refractivity contribution is 0.0939. The normalized spacial score (nSPS) is 11.7. The second-order valence-corrected chi connectivity index (χ2v) is 8.43. The molecule has 5 heteroatoms. The van der Waals surface area contributed by atoms with Crippen LogP contribution in [0.25, 0.3) is 0 Å². The van der Waals surface area contributed by atoms with Crippen LogP contribution in [0.5, 0.6) is 11.5 Å². The third kappa shape index (κ3) is 5.83. The lowest BCUT2D eigenvalue weighted by Gasteiger charge is -2.17. The fourth-order valence-corrected chi connectivity index (χ4v) is 3.68. The van der Waals surface area contributed by atoms with Crippen LogP contribution in [0.15, 0.2) is 54.6 Å². The summed E-state index contributed by atoms with van der Waals surface area (Å²) < 4.78 is 11.9. The van der Waals surface area contributed by atoms with Crippen molar-refractivity contribution in [3.05, 3.63) is 93.0 Å². The Morgan fingerprint density at radius 3 is 2.38 bits per heavy atom. The van der Waals surface area contributed by atoms with Gasteiger partial charge in [0.2, 0.25) is 0 Å². The van der Waals surface area contributed by atoms with Crippen LogP contribution in [-0.4, -0.2) is 12.5 Å². The van der Waals surface area contributed by atoms with Crippen LogP contribution < -0.4 is 14.8 Å². The van der Waals surface area contributed by atoms with Crippen molar-refractivity contribution in [2.75, 3.05) is 6.61 Å². The van der Waals surface area contributed by atoms with Crippen LogP contribution in [-0.2, 0) is 6.61 Å². The lowest BCUT2D eigenvalue weighted by Crippen LogP contribution is -2.26. The average Bonchev–Trinajstić information content (AvgIpc) is 2.76. The highest BCUT2D eigenvalue weighted by atomic mass is 35.5. The van der Waals surface area contributed by atoms with Crippen molar-refractivity contribution in [1.82, 2.24) is 5.32 Å². The third-order valence-corrected chi connectivity index (χ3v) is 5.74. The van der Waals surface area contributed by atoms with Gasteiger partial charge < -0.3 is 14.8 Å². The molecule has 0 aromatic heterocycles. The number of carbonyl (C=O) groups excluding carboxylic acids is 1. The van der Waals surface area contributed by atoms with E-state index in [0.717, 1.165) is 33.8 Å². The summed E-state index contributed by atoms with van der Waals surface area (Å²) in [6.45, 7) is 10.9. The van der Waals surface area contributed by atoms with Gasteiger partial charge in [0.05, 0.1) is 12.6 Å². The fraction of sp³-hybridized carbons (Fsp3) is 0.296. The molecule has 168 valence electrons.